The van der Waals surface area contributed by atoms with Crippen molar-refractivity contribution in [1.29, 1.82) is 0 Å². The van der Waals surface area contributed by atoms with Crippen LogP contribution in [0.4, 0.5) is 10.1 Å². The third-order valence-corrected chi connectivity index (χ3v) is 6.98. The van der Waals surface area contributed by atoms with E-state index in [2.05, 4.69) is 0 Å². The van der Waals surface area contributed by atoms with Gasteiger partial charge in [-0.25, -0.2) is 12.8 Å². The van der Waals surface area contributed by atoms with Crippen LogP contribution in [0.15, 0.2) is 47.4 Å². The fourth-order valence-electron chi connectivity index (χ4n) is 3.16. The molecule has 1 saturated heterocycles. The number of sulfonamides is 1. The number of hydrogen-bond donors (Lipinski definition) is 0. The lowest BCUT2D eigenvalue weighted by Gasteiger charge is -2.23. The van der Waals surface area contributed by atoms with E-state index >= 15 is 0 Å². The average molecular weight is 441 g/mol. The van der Waals surface area contributed by atoms with Crippen molar-refractivity contribution in [3.05, 3.63) is 58.9 Å². The second kappa shape index (κ2) is 8.69. The fourth-order valence-corrected chi connectivity index (χ4v) is 4.58. The number of likely N-dealkylation sites (N-methyl/N-ethyl adjacent to an activating group) is 1. The second-order valence-corrected chi connectivity index (χ2v) is 9.29. The van der Waals surface area contributed by atoms with Gasteiger partial charge >= 0.3 is 0 Å². The van der Waals surface area contributed by atoms with E-state index in [1.165, 1.54) is 54.4 Å². The molecule has 2 aromatic carbocycles. The van der Waals surface area contributed by atoms with E-state index in [1.54, 1.807) is 7.05 Å². The normalized spacial score (nSPS) is 16.6. The Balaban J connectivity index is 1.86. The number of nitrogens with zero attached hydrogens (tertiary/aromatic N) is 2. The molecule has 0 aliphatic carbocycles. The largest absolute Gasteiger partial charge is 0.376 e. The number of anilines is 1. The van der Waals surface area contributed by atoms with Crippen LogP contribution < -0.4 is 4.31 Å². The first-order valence-corrected chi connectivity index (χ1v) is 10.9. The molecule has 1 atom stereocenters. The summed E-state index contributed by atoms with van der Waals surface area (Å²) in [6.07, 6.45) is 1.80. The van der Waals surface area contributed by atoms with Gasteiger partial charge in [0.15, 0.2) is 0 Å². The van der Waals surface area contributed by atoms with Gasteiger partial charge in [0.05, 0.1) is 27.3 Å². The van der Waals surface area contributed by atoms with Gasteiger partial charge in [0.25, 0.3) is 15.9 Å². The molecule has 6 nitrogen and oxygen atoms in total. The number of halogens is 2. The zero-order valence-corrected chi connectivity index (χ0v) is 17.7. The highest BCUT2D eigenvalue weighted by Gasteiger charge is 2.26. The summed E-state index contributed by atoms with van der Waals surface area (Å²) in [7, 11) is -0.974. The van der Waals surface area contributed by atoms with E-state index in [-0.39, 0.29) is 27.5 Å². The van der Waals surface area contributed by atoms with Crippen LogP contribution in [0.2, 0.25) is 5.02 Å². The van der Waals surface area contributed by atoms with Crippen LogP contribution in [0.1, 0.15) is 23.2 Å². The Labute approximate surface area is 174 Å². The number of ether oxygens (including phenoxy) is 1. The van der Waals surface area contributed by atoms with Crippen LogP contribution in [0.25, 0.3) is 0 Å². The molecule has 0 aromatic heterocycles. The lowest BCUT2D eigenvalue weighted by atomic mass is 10.2. The van der Waals surface area contributed by atoms with E-state index in [1.807, 2.05) is 0 Å². The fraction of sp³-hybridized carbons (Fsp3) is 0.350. The number of carbonyl (C=O) groups excluding carboxylic acids is 1. The third-order valence-electron chi connectivity index (χ3n) is 4.87. The summed E-state index contributed by atoms with van der Waals surface area (Å²) in [5.41, 5.74) is 0.394. The quantitative estimate of drug-likeness (QED) is 0.688. The van der Waals surface area contributed by atoms with Crippen molar-refractivity contribution in [3.63, 3.8) is 0 Å². The summed E-state index contributed by atoms with van der Waals surface area (Å²) in [6.45, 7) is 1.08. The Morgan fingerprint density at radius 1 is 1.21 bits per heavy atom. The number of amides is 1. The molecule has 9 heteroatoms. The highest BCUT2D eigenvalue weighted by molar-refractivity contribution is 7.92. The van der Waals surface area contributed by atoms with Gasteiger partial charge in [-0.1, -0.05) is 11.6 Å². The van der Waals surface area contributed by atoms with Gasteiger partial charge in [-0.2, -0.15) is 0 Å². The van der Waals surface area contributed by atoms with Crippen LogP contribution in [-0.2, 0) is 14.8 Å². The molecular weight excluding hydrogens is 419 g/mol. The summed E-state index contributed by atoms with van der Waals surface area (Å²) < 4.78 is 45.7. The maximum Gasteiger partial charge on any atom is 0.264 e. The molecule has 2 aromatic rings. The van der Waals surface area contributed by atoms with Crippen molar-refractivity contribution in [2.75, 3.05) is 31.6 Å². The minimum atomic E-state index is -3.97. The molecule has 156 valence electrons. The molecule has 1 fully saturated rings. The molecular formula is C20H22ClFN2O4S. The minimum Gasteiger partial charge on any atom is -0.376 e. The van der Waals surface area contributed by atoms with Crippen LogP contribution in [0.3, 0.4) is 0 Å². The Kier molecular flexibility index (Phi) is 6.45. The van der Waals surface area contributed by atoms with Gasteiger partial charge in [-0.3, -0.25) is 9.10 Å². The smallest absolute Gasteiger partial charge is 0.264 e. The average Bonchev–Trinajstić information content (AvgIpc) is 3.20. The Hall–Kier alpha value is -2.16. The third kappa shape index (κ3) is 4.71. The van der Waals surface area contributed by atoms with E-state index in [9.17, 15) is 17.6 Å². The molecule has 1 heterocycles. The predicted octanol–water partition coefficient (Wildman–Crippen LogP) is 3.56. The van der Waals surface area contributed by atoms with Crippen LogP contribution in [-0.4, -0.2) is 52.6 Å². The Bertz CT molecular complexity index is 992. The number of benzene rings is 2. The van der Waals surface area contributed by atoms with Crippen LogP contribution >= 0.6 is 11.6 Å². The maximum atomic E-state index is 13.1. The van der Waals surface area contributed by atoms with Gasteiger partial charge in [-0.15, -0.1) is 0 Å². The summed E-state index contributed by atoms with van der Waals surface area (Å²) >= 11 is 6.19. The molecule has 1 unspecified atom stereocenters. The lowest BCUT2D eigenvalue weighted by Crippen LogP contribution is -2.34. The number of hydrogen-bond acceptors (Lipinski definition) is 4. The highest BCUT2D eigenvalue weighted by Crippen LogP contribution is 2.27. The van der Waals surface area contributed by atoms with Crippen molar-refractivity contribution < 1.29 is 22.3 Å². The summed E-state index contributed by atoms with van der Waals surface area (Å²) in [5, 5.41) is 0.164. The Morgan fingerprint density at radius 3 is 2.52 bits per heavy atom. The molecule has 29 heavy (non-hydrogen) atoms. The van der Waals surface area contributed by atoms with Gasteiger partial charge in [0, 0.05) is 27.2 Å². The van der Waals surface area contributed by atoms with Crippen LogP contribution in [0.5, 0.6) is 0 Å². The summed E-state index contributed by atoms with van der Waals surface area (Å²) in [5.74, 6) is -0.847. The first-order valence-electron chi connectivity index (χ1n) is 9.11. The molecule has 1 amide bonds. The molecule has 1 aliphatic heterocycles. The number of carbonyl (C=O) groups is 1. The monoisotopic (exact) mass is 440 g/mol. The molecule has 0 bridgehead atoms. The molecule has 0 spiro atoms. The van der Waals surface area contributed by atoms with Crippen molar-refractivity contribution in [1.82, 2.24) is 4.90 Å². The standard InChI is InChI=1S/C20H22ClFN2O4S/c1-23(13-16-4-3-11-28-16)20(25)18-12-17(9-10-19(18)21)29(26,27)24(2)15-7-5-14(22)6-8-15/h5-10,12,16H,3-4,11,13H2,1-2H3. The molecule has 0 saturated carbocycles. The summed E-state index contributed by atoms with van der Waals surface area (Å²) in [4.78, 5) is 14.2. The summed E-state index contributed by atoms with van der Waals surface area (Å²) in [6, 6.07) is 9.09. The second-order valence-electron chi connectivity index (χ2n) is 6.91. The Morgan fingerprint density at radius 2 is 1.90 bits per heavy atom. The number of rotatable bonds is 6. The SMILES string of the molecule is CN(CC1CCCO1)C(=O)c1cc(S(=O)(=O)N(C)c2ccc(F)cc2)ccc1Cl. The van der Waals surface area contributed by atoms with Crippen molar-refractivity contribution in [3.8, 4) is 0 Å². The van der Waals surface area contributed by atoms with E-state index < -0.39 is 15.8 Å². The van der Waals surface area contributed by atoms with E-state index in [4.69, 9.17) is 16.3 Å². The first kappa shape index (κ1) is 21.5. The zero-order valence-electron chi connectivity index (χ0n) is 16.1. The van der Waals surface area contributed by atoms with Gasteiger partial charge < -0.3 is 9.64 Å². The molecule has 0 radical (unpaired) electrons. The predicted molar refractivity (Wildman–Crippen MR) is 109 cm³/mol. The highest BCUT2D eigenvalue weighted by atomic mass is 35.5. The topological polar surface area (TPSA) is 66.9 Å². The van der Waals surface area contributed by atoms with Crippen molar-refractivity contribution in [2.24, 2.45) is 0 Å². The first-order chi connectivity index (χ1) is 13.7. The van der Waals surface area contributed by atoms with Gasteiger partial charge in [0.1, 0.15) is 5.82 Å². The maximum absolute atomic E-state index is 13.1. The lowest BCUT2D eigenvalue weighted by molar-refractivity contribution is 0.0587. The van der Waals surface area contributed by atoms with Crippen LogP contribution in [0, 0.1) is 5.82 Å². The van der Waals surface area contributed by atoms with Gasteiger partial charge in [0.2, 0.25) is 0 Å². The van der Waals surface area contributed by atoms with E-state index in [0.29, 0.717) is 18.8 Å². The van der Waals surface area contributed by atoms with E-state index in [0.717, 1.165) is 17.1 Å². The molecule has 0 N–H and O–H groups in total. The van der Waals surface area contributed by atoms with Gasteiger partial charge in [-0.05, 0) is 55.3 Å². The zero-order chi connectivity index (χ0) is 21.2. The molecule has 1 aliphatic rings. The van der Waals surface area contributed by atoms with Crippen molar-refractivity contribution in [2.45, 2.75) is 23.8 Å². The minimum absolute atomic E-state index is 0.0285. The molecule has 3 rings (SSSR count). The van der Waals surface area contributed by atoms with Crippen molar-refractivity contribution >= 4 is 33.2 Å².